The topological polar surface area (TPSA) is 45.8 Å². The van der Waals surface area contributed by atoms with E-state index in [0.717, 1.165) is 5.39 Å². The molecule has 0 bridgehead atoms. The molecular weight excluding hydrogens is 171 g/mol. The van der Waals surface area contributed by atoms with E-state index in [2.05, 4.69) is 9.97 Å². The van der Waals surface area contributed by atoms with Gasteiger partial charge >= 0.3 is 0 Å². The van der Waals surface area contributed by atoms with Crippen molar-refractivity contribution in [2.24, 2.45) is 0 Å². The molecule has 2 aromatic heterocycles. The summed E-state index contributed by atoms with van der Waals surface area (Å²) in [4.78, 5) is 17.2. The van der Waals surface area contributed by atoms with Crippen LogP contribution in [0.1, 0.15) is 5.56 Å². The van der Waals surface area contributed by atoms with Gasteiger partial charge in [-0.1, -0.05) is 0 Å². The van der Waals surface area contributed by atoms with Crippen LogP contribution >= 0.6 is 0 Å². The summed E-state index contributed by atoms with van der Waals surface area (Å²) in [5.74, 6) is -0.591. The van der Waals surface area contributed by atoms with Crippen LogP contribution < -0.4 is 5.56 Å². The molecule has 13 heavy (non-hydrogen) atoms. The number of H-pyrrole nitrogens is 1. The number of halogens is 1. The Hall–Kier alpha value is -1.71. The van der Waals surface area contributed by atoms with Crippen LogP contribution in [0, 0.1) is 12.9 Å². The van der Waals surface area contributed by atoms with E-state index in [1.807, 2.05) is 0 Å². The zero-order valence-electron chi connectivity index (χ0n) is 6.97. The summed E-state index contributed by atoms with van der Waals surface area (Å²) in [5.41, 5.74) is 0.655. The van der Waals surface area contributed by atoms with Gasteiger partial charge in [0.1, 0.15) is 5.65 Å². The molecule has 0 atom stereocenters. The van der Waals surface area contributed by atoms with E-state index in [9.17, 15) is 9.18 Å². The summed E-state index contributed by atoms with van der Waals surface area (Å²) < 4.78 is 12.6. The number of nitrogens with zero attached hydrogens (tertiary/aromatic N) is 1. The molecule has 3 nitrogen and oxygen atoms in total. The normalized spacial score (nSPS) is 10.6. The number of pyridine rings is 2. The third-order valence-corrected chi connectivity index (χ3v) is 1.85. The lowest BCUT2D eigenvalue weighted by Crippen LogP contribution is -2.09. The highest BCUT2D eigenvalue weighted by Crippen LogP contribution is 2.08. The highest BCUT2D eigenvalue weighted by Gasteiger charge is 2.00. The van der Waals surface area contributed by atoms with Crippen LogP contribution in [0.2, 0.25) is 0 Å². The van der Waals surface area contributed by atoms with Gasteiger partial charge in [-0.15, -0.1) is 0 Å². The molecule has 0 saturated carbocycles. The smallest absolute Gasteiger partial charge is 0.252 e. The van der Waals surface area contributed by atoms with E-state index < -0.39 is 5.95 Å². The molecule has 0 amide bonds. The van der Waals surface area contributed by atoms with E-state index in [1.165, 1.54) is 6.07 Å². The van der Waals surface area contributed by atoms with E-state index in [0.29, 0.717) is 5.56 Å². The fourth-order valence-electron chi connectivity index (χ4n) is 1.17. The van der Waals surface area contributed by atoms with Crippen LogP contribution in [0.25, 0.3) is 11.0 Å². The molecule has 0 unspecified atom stereocenters. The van der Waals surface area contributed by atoms with Crippen LogP contribution in [0.4, 0.5) is 4.39 Å². The van der Waals surface area contributed by atoms with Gasteiger partial charge in [0.25, 0.3) is 5.56 Å². The Morgan fingerprint density at radius 2 is 2.23 bits per heavy atom. The summed E-state index contributed by atoms with van der Waals surface area (Å²) in [7, 11) is 0. The second kappa shape index (κ2) is 2.65. The lowest BCUT2D eigenvalue weighted by molar-refractivity contribution is 0.588. The molecule has 0 spiro atoms. The number of rotatable bonds is 0. The second-order valence-electron chi connectivity index (χ2n) is 2.85. The summed E-state index contributed by atoms with van der Waals surface area (Å²) in [6.07, 6.45) is 0. The van der Waals surface area contributed by atoms with E-state index in [1.54, 1.807) is 19.1 Å². The molecule has 2 rings (SSSR count). The van der Waals surface area contributed by atoms with Gasteiger partial charge in [0.05, 0.1) is 0 Å². The molecule has 0 aliphatic carbocycles. The van der Waals surface area contributed by atoms with E-state index in [-0.39, 0.29) is 11.2 Å². The Labute approximate surface area is 73.2 Å². The first-order valence-electron chi connectivity index (χ1n) is 3.83. The number of nitrogens with one attached hydrogen (secondary N) is 1. The maximum Gasteiger partial charge on any atom is 0.252 e. The van der Waals surface area contributed by atoms with Crippen LogP contribution in [0.3, 0.4) is 0 Å². The predicted molar refractivity (Wildman–Crippen MR) is 47.1 cm³/mol. The van der Waals surface area contributed by atoms with Crippen molar-refractivity contribution in [2.45, 2.75) is 6.92 Å². The largest absolute Gasteiger partial charge is 0.306 e. The van der Waals surface area contributed by atoms with Crippen molar-refractivity contribution in [2.75, 3.05) is 0 Å². The third kappa shape index (κ3) is 1.30. The first kappa shape index (κ1) is 7.91. The molecule has 0 fully saturated rings. The quantitative estimate of drug-likeness (QED) is 0.619. The molecule has 4 heteroatoms. The van der Waals surface area contributed by atoms with Crippen molar-refractivity contribution in [3.8, 4) is 0 Å². The van der Waals surface area contributed by atoms with Crippen molar-refractivity contribution >= 4 is 11.0 Å². The fourth-order valence-corrected chi connectivity index (χ4v) is 1.17. The lowest BCUT2D eigenvalue weighted by atomic mass is 10.2. The highest BCUT2D eigenvalue weighted by atomic mass is 19.1. The van der Waals surface area contributed by atoms with Gasteiger partial charge in [0.15, 0.2) is 0 Å². The minimum atomic E-state index is -0.591. The standard InChI is InChI=1S/C9H7FN2O/c1-5-4-6-2-3-7(10)11-8(6)12-9(5)13/h2-4H,1H3,(H,11,12,13). The van der Waals surface area contributed by atoms with Gasteiger partial charge in [0, 0.05) is 10.9 Å². The van der Waals surface area contributed by atoms with Gasteiger partial charge in [-0.05, 0) is 25.1 Å². The average molecular weight is 178 g/mol. The first-order valence-corrected chi connectivity index (χ1v) is 3.83. The molecular formula is C9H7FN2O. The molecule has 1 N–H and O–H groups in total. The van der Waals surface area contributed by atoms with Crippen LogP contribution in [0.5, 0.6) is 0 Å². The van der Waals surface area contributed by atoms with E-state index >= 15 is 0 Å². The van der Waals surface area contributed by atoms with Gasteiger partial charge in [0.2, 0.25) is 5.95 Å². The lowest BCUT2D eigenvalue weighted by Gasteiger charge is -1.97. The third-order valence-electron chi connectivity index (χ3n) is 1.85. The summed E-state index contributed by atoms with van der Waals surface area (Å²) in [6.45, 7) is 1.70. The second-order valence-corrected chi connectivity index (χ2v) is 2.85. The van der Waals surface area contributed by atoms with Crippen molar-refractivity contribution in [1.82, 2.24) is 9.97 Å². The maximum atomic E-state index is 12.6. The van der Waals surface area contributed by atoms with Crippen molar-refractivity contribution < 1.29 is 4.39 Å². The minimum absolute atomic E-state index is 0.231. The van der Waals surface area contributed by atoms with Gasteiger partial charge < -0.3 is 4.98 Å². The fraction of sp³-hybridized carbons (Fsp3) is 0.111. The summed E-state index contributed by atoms with van der Waals surface area (Å²) in [6, 6.07) is 4.53. The molecule has 0 aliphatic rings. The van der Waals surface area contributed by atoms with Crippen molar-refractivity contribution in [3.63, 3.8) is 0 Å². The molecule has 0 radical (unpaired) electrons. The Morgan fingerprint density at radius 1 is 1.46 bits per heavy atom. The summed E-state index contributed by atoms with van der Waals surface area (Å²) in [5, 5.41) is 0.735. The molecule has 0 aliphatic heterocycles. The van der Waals surface area contributed by atoms with Crippen molar-refractivity contribution in [3.05, 3.63) is 40.1 Å². The number of hydrogen-bond donors (Lipinski definition) is 1. The van der Waals surface area contributed by atoms with Crippen LogP contribution in [-0.2, 0) is 0 Å². The molecule has 66 valence electrons. The van der Waals surface area contributed by atoms with Crippen molar-refractivity contribution in [1.29, 1.82) is 0 Å². The zero-order valence-corrected chi connectivity index (χ0v) is 6.97. The van der Waals surface area contributed by atoms with Gasteiger partial charge in [-0.3, -0.25) is 4.79 Å². The maximum absolute atomic E-state index is 12.6. The predicted octanol–water partition coefficient (Wildman–Crippen LogP) is 1.37. The SMILES string of the molecule is Cc1cc2ccc(F)nc2[nH]c1=O. The number of aryl methyl sites for hydroxylation is 1. The van der Waals surface area contributed by atoms with Crippen LogP contribution in [-0.4, -0.2) is 9.97 Å². The minimum Gasteiger partial charge on any atom is -0.306 e. The van der Waals surface area contributed by atoms with Crippen LogP contribution in [0.15, 0.2) is 23.0 Å². The summed E-state index contributed by atoms with van der Waals surface area (Å²) >= 11 is 0. The molecule has 0 aromatic carbocycles. The first-order chi connectivity index (χ1) is 6.16. The van der Waals surface area contributed by atoms with Gasteiger partial charge in [-0.2, -0.15) is 4.39 Å². The average Bonchev–Trinajstić information content (AvgIpc) is 2.08. The number of fused-ring (bicyclic) bond motifs is 1. The zero-order chi connectivity index (χ0) is 9.42. The highest BCUT2D eigenvalue weighted by molar-refractivity contribution is 5.74. The monoisotopic (exact) mass is 178 g/mol. The Bertz CT molecular complexity index is 518. The molecule has 2 heterocycles. The van der Waals surface area contributed by atoms with E-state index in [4.69, 9.17) is 0 Å². The number of aromatic amines is 1. The Kier molecular flexibility index (Phi) is 1.62. The molecule has 0 saturated heterocycles. The Balaban J connectivity index is 2.89. The number of aromatic nitrogens is 2. The molecule has 2 aromatic rings. The Morgan fingerprint density at radius 3 is 3.00 bits per heavy atom. The van der Waals surface area contributed by atoms with Gasteiger partial charge in [-0.25, -0.2) is 4.98 Å². The number of hydrogen-bond acceptors (Lipinski definition) is 2.